The summed E-state index contributed by atoms with van der Waals surface area (Å²) in [5.74, 6) is 0. The second-order valence-electron chi connectivity index (χ2n) is 4.64. The lowest BCUT2D eigenvalue weighted by Gasteiger charge is -2.36. The van der Waals surface area contributed by atoms with Gasteiger partial charge in [-0.15, -0.1) is 5.10 Å². The highest BCUT2D eigenvalue weighted by Gasteiger charge is 2.21. The topological polar surface area (TPSA) is 52.5 Å². The van der Waals surface area contributed by atoms with Crippen LogP contribution in [0.1, 0.15) is 5.69 Å². The van der Waals surface area contributed by atoms with Crippen LogP contribution in [0.3, 0.4) is 0 Å². The Bertz CT molecular complexity index is 583. The van der Waals surface area contributed by atoms with Crippen molar-refractivity contribution in [2.75, 3.05) is 36.0 Å². The van der Waals surface area contributed by atoms with Crippen LogP contribution in [0, 0.1) is 0 Å². The minimum Gasteiger partial charge on any atom is -0.390 e. The van der Waals surface area contributed by atoms with Crippen LogP contribution in [0.4, 0.5) is 10.7 Å². The largest absolute Gasteiger partial charge is 0.390 e. The summed E-state index contributed by atoms with van der Waals surface area (Å²) >= 11 is 7.38. The average molecular weight is 311 g/mol. The smallest absolute Gasteiger partial charge is 0.138 e. The number of aliphatic hydroxyl groups excluding tert-OH is 1. The molecule has 2 aromatic rings. The molecule has 1 aliphatic heterocycles. The zero-order valence-corrected chi connectivity index (χ0v) is 12.4. The van der Waals surface area contributed by atoms with E-state index < -0.39 is 0 Å². The van der Waals surface area contributed by atoms with Gasteiger partial charge >= 0.3 is 0 Å². The molecular formula is C13H15ClN4OS. The number of rotatable bonds is 3. The van der Waals surface area contributed by atoms with E-state index in [-0.39, 0.29) is 6.61 Å². The van der Waals surface area contributed by atoms with E-state index >= 15 is 0 Å². The maximum absolute atomic E-state index is 9.25. The van der Waals surface area contributed by atoms with E-state index in [2.05, 4.69) is 25.5 Å². The Kier molecular flexibility index (Phi) is 4.05. The molecule has 1 fully saturated rings. The van der Waals surface area contributed by atoms with Crippen molar-refractivity contribution >= 4 is 33.8 Å². The SMILES string of the molecule is OCc1nnsc1N1CCN(c2cccc(Cl)c2)CC1. The van der Waals surface area contributed by atoms with Gasteiger partial charge in [-0.3, -0.25) is 0 Å². The number of aliphatic hydroxyl groups is 1. The molecule has 106 valence electrons. The van der Waals surface area contributed by atoms with Crippen LogP contribution in [-0.2, 0) is 6.61 Å². The van der Waals surface area contributed by atoms with Gasteiger partial charge in [-0.05, 0) is 18.2 Å². The van der Waals surface area contributed by atoms with Gasteiger partial charge in [0.25, 0.3) is 0 Å². The number of nitrogens with zero attached hydrogens (tertiary/aromatic N) is 4. The van der Waals surface area contributed by atoms with Crippen molar-refractivity contribution in [2.24, 2.45) is 0 Å². The number of aromatic nitrogens is 2. The number of hydrogen-bond acceptors (Lipinski definition) is 6. The number of hydrogen-bond donors (Lipinski definition) is 1. The maximum atomic E-state index is 9.25. The molecule has 1 aliphatic rings. The molecule has 0 aliphatic carbocycles. The third-order valence-electron chi connectivity index (χ3n) is 3.43. The van der Waals surface area contributed by atoms with Crippen LogP contribution >= 0.6 is 23.1 Å². The number of anilines is 2. The van der Waals surface area contributed by atoms with Gasteiger partial charge in [-0.2, -0.15) is 0 Å². The molecule has 20 heavy (non-hydrogen) atoms. The van der Waals surface area contributed by atoms with Gasteiger partial charge in [0.1, 0.15) is 10.7 Å². The standard InChI is InChI=1S/C13H15ClN4OS/c14-10-2-1-3-11(8-10)17-4-6-18(7-5-17)13-12(9-19)15-16-20-13/h1-3,8,19H,4-7,9H2. The third-order valence-corrected chi connectivity index (χ3v) is 4.49. The first-order chi connectivity index (χ1) is 9.78. The lowest BCUT2D eigenvalue weighted by atomic mass is 10.2. The molecule has 1 aromatic carbocycles. The van der Waals surface area contributed by atoms with E-state index in [1.54, 1.807) is 0 Å². The fourth-order valence-electron chi connectivity index (χ4n) is 2.38. The predicted molar refractivity (Wildman–Crippen MR) is 81.7 cm³/mol. The Balaban J connectivity index is 1.68. The first kappa shape index (κ1) is 13.6. The van der Waals surface area contributed by atoms with E-state index in [1.165, 1.54) is 11.5 Å². The van der Waals surface area contributed by atoms with E-state index in [9.17, 15) is 5.11 Å². The van der Waals surface area contributed by atoms with Crippen LogP contribution in [0.2, 0.25) is 5.02 Å². The molecule has 0 amide bonds. The molecular weight excluding hydrogens is 296 g/mol. The van der Waals surface area contributed by atoms with E-state index in [4.69, 9.17) is 11.6 Å². The van der Waals surface area contributed by atoms with Crippen LogP contribution < -0.4 is 9.80 Å². The van der Waals surface area contributed by atoms with Crippen LogP contribution in [0.25, 0.3) is 0 Å². The van der Waals surface area contributed by atoms with E-state index in [1.807, 2.05) is 18.2 Å². The monoisotopic (exact) mass is 310 g/mol. The maximum Gasteiger partial charge on any atom is 0.138 e. The van der Waals surface area contributed by atoms with Gasteiger partial charge in [0.2, 0.25) is 0 Å². The fourth-order valence-corrected chi connectivity index (χ4v) is 3.29. The predicted octanol–water partition coefficient (Wildman–Crippen LogP) is 2.01. The lowest BCUT2D eigenvalue weighted by Crippen LogP contribution is -2.46. The summed E-state index contributed by atoms with van der Waals surface area (Å²) in [4.78, 5) is 4.55. The fraction of sp³-hybridized carbons (Fsp3) is 0.385. The van der Waals surface area contributed by atoms with Crippen LogP contribution in [0.15, 0.2) is 24.3 Å². The summed E-state index contributed by atoms with van der Waals surface area (Å²) in [7, 11) is 0. The highest BCUT2D eigenvalue weighted by atomic mass is 35.5. The molecule has 7 heteroatoms. The van der Waals surface area contributed by atoms with Crippen molar-refractivity contribution in [3.05, 3.63) is 35.0 Å². The van der Waals surface area contributed by atoms with Crippen molar-refractivity contribution in [1.29, 1.82) is 0 Å². The number of benzene rings is 1. The number of piperazine rings is 1. The van der Waals surface area contributed by atoms with Gasteiger partial charge in [0.15, 0.2) is 0 Å². The molecule has 0 radical (unpaired) electrons. The van der Waals surface area contributed by atoms with Gasteiger partial charge in [0, 0.05) is 48.4 Å². The quantitative estimate of drug-likeness (QED) is 0.940. The molecule has 0 unspecified atom stereocenters. The summed E-state index contributed by atoms with van der Waals surface area (Å²) in [5.41, 5.74) is 1.83. The van der Waals surface area contributed by atoms with Crippen LogP contribution in [0.5, 0.6) is 0 Å². The summed E-state index contributed by atoms with van der Waals surface area (Å²) in [6, 6.07) is 7.93. The molecule has 1 N–H and O–H groups in total. The van der Waals surface area contributed by atoms with Crippen molar-refractivity contribution in [1.82, 2.24) is 9.59 Å². The Hall–Kier alpha value is -1.37. The molecule has 0 bridgehead atoms. The summed E-state index contributed by atoms with van der Waals surface area (Å²) in [5, 5.41) is 14.9. The summed E-state index contributed by atoms with van der Waals surface area (Å²) < 4.78 is 3.92. The second-order valence-corrected chi connectivity index (χ2v) is 5.81. The van der Waals surface area contributed by atoms with Gasteiger partial charge in [-0.1, -0.05) is 22.2 Å². The third kappa shape index (κ3) is 2.72. The minimum atomic E-state index is -0.0552. The molecule has 0 atom stereocenters. The van der Waals surface area contributed by atoms with Crippen molar-refractivity contribution in [3.63, 3.8) is 0 Å². The molecule has 1 saturated heterocycles. The molecule has 0 spiro atoms. The Morgan fingerprint density at radius 2 is 1.95 bits per heavy atom. The van der Waals surface area contributed by atoms with E-state index in [0.29, 0.717) is 5.69 Å². The van der Waals surface area contributed by atoms with Crippen molar-refractivity contribution in [3.8, 4) is 0 Å². The Morgan fingerprint density at radius 3 is 2.65 bits per heavy atom. The lowest BCUT2D eigenvalue weighted by molar-refractivity contribution is 0.277. The average Bonchev–Trinajstić information content (AvgIpc) is 2.96. The van der Waals surface area contributed by atoms with Crippen LogP contribution in [-0.4, -0.2) is 40.9 Å². The minimum absolute atomic E-state index is 0.0552. The summed E-state index contributed by atoms with van der Waals surface area (Å²) in [6.45, 7) is 3.57. The Labute approximate surface area is 126 Å². The first-order valence-electron chi connectivity index (χ1n) is 6.45. The molecule has 2 heterocycles. The zero-order chi connectivity index (χ0) is 13.9. The molecule has 5 nitrogen and oxygen atoms in total. The zero-order valence-electron chi connectivity index (χ0n) is 10.9. The van der Waals surface area contributed by atoms with Crippen molar-refractivity contribution in [2.45, 2.75) is 6.61 Å². The summed E-state index contributed by atoms with van der Waals surface area (Å²) in [6.07, 6.45) is 0. The highest BCUT2D eigenvalue weighted by molar-refractivity contribution is 7.10. The normalized spacial score (nSPS) is 15.7. The number of halogens is 1. The Morgan fingerprint density at radius 1 is 1.20 bits per heavy atom. The van der Waals surface area contributed by atoms with E-state index in [0.717, 1.165) is 41.9 Å². The van der Waals surface area contributed by atoms with Crippen molar-refractivity contribution < 1.29 is 5.11 Å². The molecule has 1 aromatic heterocycles. The highest BCUT2D eigenvalue weighted by Crippen LogP contribution is 2.26. The second kappa shape index (κ2) is 5.95. The molecule has 3 rings (SSSR count). The van der Waals surface area contributed by atoms with Gasteiger partial charge in [0.05, 0.1) is 6.61 Å². The van der Waals surface area contributed by atoms with Gasteiger partial charge < -0.3 is 14.9 Å². The molecule has 0 saturated carbocycles. The van der Waals surface area contributed by atoms with Gasteiger partial charge in [-0.25, -0.2) is 0 Å². The first-order valence-corrected chi connectivity index (χ1v) is 7.60.